The third-order valence-electron chi connectivity index (χ3n) is 4.00. The highest BCUT2D eigenvalue weighted by molar-refractivity contribution is 7.89. The molecule has 1 aromatic carbocycles. The maximum atomic E-state index is 12.3. The lowest BCUT2D eigenvalue weighted by atomic mass is 10.1. The lowest BCUT2D eigenvalue weighted by molar-refractivity contribution is -0.117. The molecular weight excluding hydrogens is 373 g/mol. The van der Waals surface area contributed by atoms with E-state index in [-0.39, 0.29) is 47.6 Å². The molecular formula is C15H23Cl2N3O3S. The number of benzene rings is 1. The summed E-state index contributed by atoms with van der Waals surface area (Å²) in [7, 11) is -3.51. The molecule has 3 rings (SSSR count). The van der Waals surface area contributed by atoms with Crippen LogP contribution in [0.3, 0.4) is 0 Å². The molecule has 0 aromatic heterocycles. The van der Waals surface area contributed by atoms with Gasteiger partial charge in [-0.2, -0.15) is 0 Å². The number of carbonyl (C=O) groups is 1. The molecule has 6 nitrogen and oxygen atoms in total. The minimum Gasteiger partial charge on any atom is -0.326 e. The van der Waals surface area contributed by atoms with Crippen LogP contribution in [-0.4, -0.2) is 33.5 Å². The number of halogens is 2. The molecule has 0 spiro atoms. The molecule has 0 radical (unpaired) electrons. The standard InChI is InChI=1S/C15H21N3O3S.2ClH/c19-15(11-3-4-11)17-12-5-7-14(8-6-12)22(20,21)18-13-2-1-9-16-10-13;;/h5-8,11,13,16,18H,1-4,9-10H2,(H,17,19);2*1H. The number of carbonyl (C=O) groups excluding carboxylic acids is 1. The highest BCUT2D eigenvalue weighted by Crippen LogP contribution is 2.30. The zero-order chi connectivity index (χ0) is 15.6. The third kappa shape index (κ3) is 5.60. The van der Waals surface area contributed by atoms with Crippen molar-refractivity contribution in [3.63, 3.8) is 0 Å². The van der Waals surface area contributed by atoms with Crippen molar-refractivity contribution in [3.8, 4) is 0 Å². The summed E-state index contributed by atoms with van der Waals surface area (Å²) < 4.78 is 27.4. The summed E-state index contributed by atoms with van der Waals surface area (Å²) in [6.07, 6.45) is 3.70. The minimum atomic E-state index is -3.51. The first-order valence-electron chi connectivity index (χ1n) is 7.68. The Hall–Kier alpha value is -0.860. The van der Waals surface area contributed by atoms with Crippen LogP contribution in [-0.2, 0) is 14.8 Å². The molecule has 3 N–H and O–H groups in total. The first-order chi connectivity index (χ1) is 10.5. The summed E-state index contributed by atoms with van der Waals surface area (Å²) in [6, 6.07) is 6.26. The topological polar surface area (TPSA) is 87.3 Å². The molecule has 2 aliphatic rings. The van der Waals surface area contributed by atoms with Crippen LogP contribution < -0.4 is 15.4 Å². The molecule has 136 valence electrons. The number of hydrogen-bond acceptors (Lipinski definition) is 4. The average Bonchev–Trinajstić information content (AvgIpc) is 3.33. The van der Waals surface area contributed by atoms with Gasteiger partial charge < -0.3 is 10.6 Å². The Morgan fingerprint density at radius 1 is 1.08 bits per heavy atom. The van der Waals surface area contributed by atoms with Gasteiger partial charge in [0.2, 0.25) is 15.9 Å². The van der Waals surface area contributed by atoms with Crippen molar-refractivity contribution in [3.05, 3.63) is 24.3 Å². The summed E-state index contributed by atoms with van der Waals surface area (Å²) >= 11 is 0. The van der Waals surface area contributed by atoms with Gasteiger partial charge in [0.1, 0.15) is 0 Å². The van der Waals surface area contributed by atoms with E-state index in [0.717, 1.165) is 32.2 Å². The average molecular weight is 396 g/mol. The van der Waals surface area contributed by atoms with Crippen LogP contribution >= 0.6 is 24.8 Å². The SMILES string of the molecule is Cl.Cl.O=C(Nc1ccc(S(=O)(=O)NC2CCCNC2)cc1)C1CC1. The molecule has 0 bridgehead atoms. The van der Waals surface area contributed by atoms with Gasteiger partial charge in [-0.3, -0.25) is 4.79 Å². The number of sulfonamides is 1. The highest BCUT2D eigenvalue weighted by Gasteiger charge is 2.29. The number of piperidine rings is 1. The molecule has 24 heavy (non-hydrogen) atoms. The van der Waals surface area contributed by atoms with Gasteiger partial charge in [0, 0.05) is 24.2 Å². The van der Waals surface area contributed by atoms with E-state index in [1.807, 2.05) is 0 Å². The third-order valence-corrected chi connectivity index (χ3v) is 5.54. The van der Waals surface area contributed by atoms with Crippen LogP contribution in [0.15, 0.2) is 29.2 Å². The van der Waals surface area contributed by atoms with Crippen molar-refractivity contribution >= 4 is 46.4 Å². The van der Waals surface area contributed by atoms with E-state index in [4.69, 9.17) is 0 Å². The molecule has 1 saturated heterocycles. The van der Waals surface area contributed by atoms with E-state index in [1.165, 1.54) is 12.1 Å². The Bertz CT molecular complexity index is 642. The van der Waals surface area contributed by atoms with Gasteiger partial charge in [-0.25, -0.2) is 13.1 Å². The fourth-order valence-corrected chi connectivity index (χ4v) is 3.82. The van der Waals surface area contributed by atoms with E-state index in [2.05, 4.69) is 15.4 Å². The van der Waals surface area contributed by atoms with E-state index in [0.29, 0.717) is 12.2 Å². The zero-order valence-electron chi connectivity index (χ0n) is 13.2. The molecule has 1 amide bonds. The summed E-state index contributed by atoms with van der Waals surface area (Å²) in [5, 5.41) is 5.98. The normalized spacial score (nSPS) is 20.4. The Morgan fingerprint density at radius 2 is 1.75 bits per heavy atom. The number of amides is 1. The maximum absolute atomic E-state index is 12.3. The second kappa shape index (κ2) is 9.01. The van der Waals surface area contributed by atoms with E-state index >= 15 is 0 Å². The molecule has 1 heterocycles. The lowest BCUT2D eigenvalue weighted by Gasteiger charge is -2.23. The summed E-state index contributed by atoms with van der Waals surface area (Å²) in [5.74, 6) is 0.144. The molecule has 1 aromatic rings. The van der Waals surface area contributed by atoms with Gasteiger partial charge in [0.25, 0.3) is 0 Å². The van der Waals surface area contributed by atoms with Crippen LogP contribution in [0.2, 0.25) is 0 Å². The van der Waals surface area contributed by atoms with Gasteiger partial charge in [-0.1, -0.05) is 0 Å². The lowest BCUT2D eigenvalue weighted by Crippen LogP contribution is -2.45. The Labute approximate surface area is 155 Å². The predicted molar refractivity (Wildman–Crippen MR) is 98.5 cm³/mol. The van der Waals surface area contributed by atoms with Crippen molar-refractivity contribution < 1.29 is 13.2 Å². The highest BCUT2D eigenvalue weighted by atomic mass is 35.5. The molecule has 1 aliphatic heterocycles. The minimum absolute atomic E-state index is 0. The van der Waals surface area contributed by atoms with Crippen molar-refractivity contribution in [2.45, 2.75) is 36.6 Å². The van der Waals surface area contributed by atoms with Crippen LogP contribution in [0, 0.1) is 5.92 Å². The van der Waals surface area contributed by atoms with Gasteiger partial charge in [0.05, 0.1) is 4.90 Å². The van der Waals surface area contributed by atoms with Crippen molar-refractivity contribution in [2.75, 3.05) is 18.4 Å². The monoisotopic (exact) mass is 395 g/mol. The van der Waals surface area contributed by atoms with Crippen molar-refractivity contribution in [2.24, 2.45) is 5.92 Å². The molecule has 1 atom stereocenters. The van der Waals surface area contributed by atoms with Gasteiger partial charge in [-0.15, -0.1) is 24.8 Å². The molecule has 2 fully saturated rings. The summed E-state index contributed by atoms with van der Waals surface area (Å²) in [5.41, 5.74) is 0.634. The summed E-state index contributed by atoms with van der Waals surface area (Å²) in [4.78, 5) is 11.9. The first kappa shape index (κ1) is 21.2. The van der Waals surface area contributed by atoms with Crippen LogP contribution in [0.25, 0.3) is 0 Å². The number of nitrogens with one attached hydrogen (secondary N) is 3. The summed E-state index contributed by atoms with van der Waals surface area (Å²) in [6.45, 7) is 1.60. The Morgan fingerprint density at radius 3 is 2.29 bits per heavy atom. The van der Waals surface area contributed by atoms with Crippen molar-refractivity contribution in [1.29, 1.82) is 0 Å². The smallest absolute Gasteiger partial charge is 0.240 e. The molecule has 1 saturated carbocycles. The number of rotatable bonds is 5. The van der Waals surface area contributed by atoms with E-state index in [1.54, 1.807) is 12.1 Å². The fraction of sp³-hybridized carbons (Fsp3) is 0.533. The van der Waals surface area contributed by atoms with Crippen LogP contribution in [0.4, 0.5) is 5.69 Å². The number of anilines is 1. The van der Waals surface area contributed by atoms with Gasteiger partial charge in [-0.05, 0) is 56.5 Å². The van der Waals surface area contributed by atoms with E-state index < -0.39 is 10.0 Å². The van der Waals surface area contributed by atoms with Crippen LogP contribution in [0.1, 0.15) is 25.7 Å². The number of hydrogen-bond donors (Lipinski definition) is 3. The maximum Gasteiger partial charge on any atom is 0.240 e. The quantitative estimate of drug-likeness (QED) is 0.710. The molecule has 1 unspecified atom stereocenters. The second-order valence-corrected chi connectivity index (χ2v) is 7.67. The molecule has 9 heteroatoms. The Balaban J connectivity index is 0.00000144. The largest absolute Gasteiger partial charge is 0.326 e. The van der Waals surface area contributed by atoms with Gasteiger partial charge >= 0.3 is 0 Å². The second-order valence-electron chi connectivity index (χ2n) is 5.95. The Kier molecular flexibility index (Phi) is 7.95. The first-order valence-corrected chi connectivity index (χ1v) is 9.17. The van der Waals surface area contributed by atoms with E-state index in [9.17, 15) is 13.2 Å². The van der Waals surface area contributed by atoms with Crippen molar-refractivity contribution in [1.82, 2.24) is 10.0 Å². The predicted octanol–water partition coefficient (Wildman–Crippen LogP) is 1.91. The fourth-order valence-electron chi connectivity index (χ4n) is 2.55. The zero-order valence-corrected chi connectivity index (χ0v) is 15.6. The van der Waals surface area contributed by atoms with Gasteiger partial charge in [0.15, 0.2) is 0 Å². The van der Waals surface area contributed by atoms with Crippen LogP contribution in [0.5, 0.6) is 0 Å². The molecule has 1 aliphatic carbocycles.